The van der Waals surface area contributed by atoms with Gasteiger partial charge in [-0.3, -0.25) is 0 Å². The van der Waals surface area contributed by atoms with Gasteiger partial charge < -0.3 is 8.98 Å². The molecule has 0 saturated carbocycles. The van der Waals surface area contributed by atoms with Crippen LogP contribution in [0.3, 0.4) is 0 Å². The van der Waals surface area contributed by atoms with E-state index in [4.69, 9.17) is 58.6 Å². The number of fused-ring (bicyclic) bond motifs is 6. The Morgan fingerprint density at radius 3 is 1.57 bits per heavy atom. The van der Waals surface area contributed by atoms with Crippen molar-refractivity contribution in [2.45, 2.75) is 0 Å². The molecule has 272 valence electrons. The number of aromatic nitrogens is 4. The summed E-state index contributed by atoms with van der Waals surface area (Å²) < 4.78 is 8.83. The maximum atomic E-state index is 6.50. The van der Waals surface area contributed by atoms with Crippen molar-refractivity contribution in [2.24, 2.45) is 0 Å². The SMILES string of the molecule is [B]c1c([B])c([B])c(-c2ccc(-c3nc(-c4ccccc4)nc(-c4ccc5oc6cc(-c7ccc8c(c7)c7ccccc7n8-c7ccccc7)ccc6c5c4)n3)cc2)c([B])c1[B]. The van der Waals surface area contributed by atoms with Crippen LogP contribution in [0.25, 0.3) is 106 Å². The molecule has 3 heterocycles. The van der Waals surface area contributed by atoms with Gasteiger partial charge in [0.2, 0.25) is 0 Å². The van der Waals surface area contributed by atoms with Crippen LogP contribution in [-0.2, 0) is 0 Å². The van der Waals surface area contributed by atoms with Gasteiger partial charge in [0, 0.05) is 43.9 Å². The molecule has 5 nitrogen and oxygen atoms in total. The van der Waals surface area contributed by atoms with E-state index in [0.29, 0.717) is 23.0 Å². The van der Waals surface area contributed by atoms with Gasteiger partial charge in [-0.25, -0.2) is 15.0 Å². The molecule has 0 spiro atoms. The Kier molecular flexibility index (Phi) is 8.71. The molecule has 61 heavy (non-hydrogen) atoms. The molecule has 0 N–H and O–H groups in total. The summed E-state index contributed by atoms with van der Waals surface area (Å²) in [6.07, 6.45) is 0. The molecule has 0 atom stereocenters. The third-order valence-corrected chi connectivity index (χ3v) is 11.5. The number of furan rings is 1. The Morgan fingerprint density at radius 2 is 0.852 bits per heavy atom. The number of hydrogen-bond donors (Lipinski definition) is 0. The van der Waals surface area contributed by atoms with Crippen molar-refractivity contribution in [3.05, 3.63) is 164 Å². The van der Waals surface area contributed by atoms with Crippen LogP contribution in [0.1, 0.15) is 0 Å². The van der Waals surface area contributed by atoms with Crippen molar-refractivity contribution in [3.8, 4) is 62.1 Å². The van der Waals surface area contributed by atoms with E-state index in [2.05, 4.69) is 95.6 Å². The quantitative estimate of drug-likeness (QED) is 0.169. The maximum absolute atomic E-state index is 6.50. The first-order valence-corrected chi connectivity index (χ1v) is 19.8. The number of benzene rings is 8. The zero-order valence-electron chi connectivity index (χ0n) is 32.7. The summed E-state index contributed by atoms with van der Waals surface area (Å²) in [5.41, 5.74) is 12.0. The Balaban J connectivity index is 0.982. The lowest BCUT2D eigenvalue weighted by Gasteiger charge is -2.21. The van der Waals surface area contributed by atoms with E-state index < -0.39 is 0 Å². The molecule has 0 aliphatic carbocycles. The van der Waals surface area contributed by atoms with E-state index in [1.807, 2.05) is 72.8 Å². The van der Waals surface area contributed by atoms with Crippen LogP contribution in [0.5, 0.6) is 0 Å². The average Bonchev–Trinajstić information content (AvgIpc) is 3.85. The van der Waals surface area contributed by atoms with Crippen LogP contribution in [0.2, 0.25) is 0 Å². The summed E-state index contributed by atoms with van der Waals surface area (Å²) in [5.74, 6) is 1.57. The summed E-state index contributed by atoms with van der Waals surface area (Å²) in [5, 5.41) is 4.36. The van der Waals surface area contributed by atoms with Crippen LogP contribution >= 0.6 is 0 Å². The predicted molar refractivity (Wildman–Crippen MR) is 256 cm³/mol. The smallest absolute Gasteiger partial charge is 0.164 e. The Morgan fingerprint density at radius 1 is 0.344 bits per heavy atom. The van der Waals surface area contributed by atoms with Crippen LogP contribution in [-0.4, -0.2) is 58.8 Å². The number of para-hydroxylation sites is 2. The lowest BCUT2D eigenvalue weighted by atomic mass is 9.59. The highest BCUT2D eigenvalue weighted by Crippen LogP contribution is 2.38. The molecule has 0 amide bonds. The maximum Gasteiger partial charge on any atom is 0.164 e. The van der Waals surface area contributed by atoms with Gasteiger partial charge in [0.1, 0.15) is 50.4 Å². The highest BCUT2D eigenvalue weighted by molar-refractivity contribution is 6.68. The molecule has 10 radical (unpaired) electrons. The predicted octanol–water partition coefficient (Wildman–Crippen LogP) is 7.17. The van der Waals surface area contributed by atoms with Crippen molar-refractivity contribution in [1.29, 1.82) is 0 Å². The summed E-state index contributed by atoms with van der Waals surface area (Å²) in [4.78, 5) is 14.9. The average molecular weight is 766 g/mol. The van der Waals surface area contributed by atoms with E-state index in [1.165, 1.54) is 16.3 Å². The monoisotopic (exact) mass is 766 g/mol. The Labute approximate surface area is 358 Å². The largest absolute Gasteiger partial charge is 0.456 e. The van der Waals surface area contributed by atoms with Crippen molar-refractivity contribution in [2.75, 3.05) is 0 Å². The normalized spacial score (nSPS) is 11.6. The first-order chi connectivity index (χ1) is 29.8. The summed E-state index contributed by atoms with van der Waals surface area (Å²) in [6.45, 7) is 0. The molecule has 10 heteroatoms. The third-order valence-electron chi connectivity index (χ3n) is 11.5. The van der Waals surface area contributed by atoms with E-state index in [0.717, 1.165) is 66.5 Å². The lowest BCUT2D eigenvalue weighted by molar-refractivity contribution is 0.669. The fourth-order valence-electron chi connectivity index (χ4n) is 8.40. The molecule has 0 unspecified atom stereocenters. The fourth-order valence-corrected chi connectivity index (χ4v) is 8.40. The van der Waals surface area contributed by atoms with Crippen molar-refractivity contribution in [3.63, 3.8) is 0 Å². The van der Waals surface area contributed by atoms with Gasteiger partial charge in [0.05, 0.1) is 11.0 Å². The minimum Gasteiger partial charge on any atom is -0.456 e. The van der Waals surface area contributed by atoms with Gasteiger partial charge >= 0.3 is 0 Å². The second kappa shape index (κ2) is 14.5. The second-order valence-corrected chi connectivity index (χ2v) is 15.1. The highest BCUT2D eigenvalue weighted by atomic mass is 16.3. The lowest BCUT2D eigenvalue weighted by Crippen LogP contribution is -2.55. The summed E-state index contributed by atoms with van der Waals surface area (Å²) in [7, 11) is 31.1. The van der Waals surface area contributed by atoms with Crippen LogP contribution in [0.15, 0.2) is 168 Å². The minimum absolute atomic E-state index is 0.172. The molecule has 11 aromatic rings. The van der Waals surface area contributed by atoms with Crippen LogP contribution < -0.4 is 27.3 Å². The molecule has 11 rings (SSSR count). The molecule has 0 aliphatic heterocycles. The minimum atomic E-state index is 0.172. The van der Waals surface area contributed by atoms with Gasteiger partial charge in [0.15, 0.2) is 17.5 Å². The number of hydrogen-bond acceptors (Lipinski definition) is 4. The molecular formula is C51H27B5N4O. The van der Waals surface area contributed by atoms with E-state index in [1.54, 1.807) is 0 Å². The fraction of sp³-hybridized carbons (Fsp3) is 0. The third kappa shape index (κ3) is 6.12. The molecule has 3 aromatic heterocycles. The molecule has 0 fully saturated rings. The number of nitrogens with zero attached hydrogens (tertiary/aromatic N) is 4. The molecule has 8 aromatic carbocycles. The van der Waals surface area contributed by atoms with Crippen molar-refractivity contribution < 1.29 is 4.42 Å². The molecule has 0 bridgehead atoms. The molecule has 0 saturated heterocycles. The zero-order chi connectivity index (χ0) is 41.4. The van der Waals surface area contributed by atoms with Crippen molar-refractivity contribution >= 4 is 110 Å². The standard InChI is InChI=1S/C51H27B5N4O/c52-44-43(45(53)47(55)48(56)46(44)54)28-15-17-30(18-16-28)50-57-49(29-9-3-1-4-10-29)58-51(59-50)33-21-24-41-38(26-33)36-22-19-32(27-42(36)61-41)31-20-23-40-37(25-31)35-13-7-8-14-39(35)60(40)34-11-5-2-6-12-34/h1-27H. The van der Waals surface area contributed by atoms with Crippen LogP contribution in [0, 0.1) is 0 Å². The van der Waals surface area contributed by atoms with Gasteiger partial charge in [0.25, 0.3) is 0 Å². The van der Waals surface area contributed by atoms with Gasteiger partial charge in [-0.15, -0.1) is 16.4 Å². The zero-order valence-corrected chi connectivity index (χ0v) is 32.7. The Hall–Kier alpha value is -7.31. The first kappa shape index (κ1) is 36.8. The van der Waals surface area contributed by atoms with Gasteiger partial charge in [-0.1, -0.05) is 114 Å². The highest BCUT2D eigenvalue weighted by Gasteiger charge is 2.18. The first-order valence-electron chi connectivity index (χ1n) is 19.8. The Bertz CT molecular complexity index is 3500. The second-order valence-electron chi connectivity index (χ2n) is 15.1. The van der Waals surface area contributed by atoms with E-state index >= 15 is 0 Å². The van der Waals surface area contributed by atoms with E-state index in [-0.39, 0.29) is 27.3 Å². The molecular weight excluding hydrogens is 739 g/mol. The van der Waals surface area contributed by atoms with Gasteiger partial charge in [-0.05, 0) is 82.9 Å². The van der Waals surface area contributed by atoms with E-state index in [9.17, 15) is 0 Å². The number of rotatable bonds is 6. The van der Waals surface area contributed by atoms with Crippen molar-refractivity contribution in [1.82, 2.24) is 19.5 Å². The summed E-state index contributed by atoms with van der Waals surface area (Å²) >= 11 is 0. The topological polar surface area (TPSA) is 56.7 Å². The summed E-state index contributed by atoms with van der Waals surface area (Å²) in [6, 6.07) is 55.7. The van der Waals surface area contributed by atoms with Gasteiger partial charge in [-0.2, -0.15) is 0 Å². The molecule has 0 aliphatic rings. The van der Waals surface area contributed by atoms with Crippen LogP contribution in [0.4, 0.5) is 0 Å².